The molecule has 4 heteroatoms. The Bertz CT molecular complexity index is 317. The van der Waals surface area contributed by atoms with Crippen LogP contribution >= 0.6 is 0 Å². The Hall–Kier alpha value is -1.03. The fourth-order valence-electron chi connectivity index (χ4n) is 3.07. The summed E-state index contributed by atoms with van der Waals surface area (Å²) in [5, 5.41) is 2.92. The second kappa shape index (κ2) is 6.23. The summed E-state index contributed by atoms with van der Waals surface area (Å²) in [5.74, 6) is 0. The number of carbonyl (C=O) groups excluding carboxylic acids is 1. The van der Waals surface area contributed by atoms with Crippen molar-refractivity contribution in [1.82, 2.24) is 10.2 Å². The average Bonchev–Trinajstić information content (AvgIpc) is 2.40. The van der Waals surface area contributed by atoms with Crippen LogP contribution in [0.1, 0.15) is 32.1 Å². The van der Waals surface area contributed by atoms with Crippen molar-refractivity contribution in [2.45, 2.75) is 32.1 Å². The second-order valence-corrected chi connectivity index (χ2v) is 5.46. The van der Waals surface area contributed by atoms with Crippen LogP contribution in [0, 0.1) is 5.41 Å². The molecule has 2 amide bonds. The molecule has 0 bridgehead atoms. The van der Waals surface area contributed by atoms with Gasteiger partial charge in [-0.3, -0.25) is 0 Å². The van der Waals surface area contributed by atoms with E-state index in [1.165, 1.54) is 19.3 Å². The van der Waals surface area contributed by atoms with E-state index in [0.717, 1.165) is 25.9 Å². The number of amides is 2. The molecule has 1 aliphatic heterocycles. The topological polar surface area (TPSA) is 41.6 Å². The molecule has 18 heavy (non-hydrogen) atoms. The maximum Gasteiger partial charge on any atom is 0.317 e. The van der Waals surface area contributed by atoms with Gasteiger partial charge in [-0.2, -0.15) is 0 Å². The SMILES string of the molecule is COCCNC(=O)N1CCCC2(CC=CCC2)C1. The summed E-state index contributed by atoms with van der Waals surface area (Å²) in [6, 6.07) is 0.0701. The van der Waals surface area contributed by atoms with Gasteiger partial charge in [0.1, 0.15) is 0 Å². The highest BCUT2D eigenvalue weighted by molar-refractivity contribution is 5.74. The van der Waals surface area contributed by atoms with E-state index in [1.807, 2.05) is 4.90 Å². The van der Waals surface area contributed by atoms with Gasteiger partial charge in [0.15, 0.2) is 0 Å². The molecule has 4 nitrogen and oxygen atoms in total. The van der Waals surface area contributed by atoms with Gasteiger partial charge in [-0.25, -0.2) is 4.79 Å². The molecule has 2 rings (SSSR count). The summed E-state index contributed by atoms with van der Waals surface area (Å²) in [7, 11) is 1.65. The summed E-state index contributed by atoms with van der Waals surface area (Å²) in [6.45, 7) is 2.98. The van der Waals surface area contributed by atoms with Crippen molar-refractivity contribution in [3.8, 4) is 0 Å². The molecule has 0 aromatic heterocycles. The standard InChI is InChI=1S/C14H24N2O2/c1-18-11-9-15-13(17)16-10-5-8-14(12-16)6-3-2-4-7-14/h2-3H,4-12H2,1H3,(H,15,17). The Balaban J connectivity index is 1.86. The average molecular weight is 252 g/mol. The van der Waals surface area contributed by atoms with Gasteiger partial charge in [-0.1, -0.05) is 12.2 Å². The smallest absolute Gasteiger partial charge is 0.317 e. The van der Waals surface area contributed by atoms with Crippen LogP contribution in [0.5, 0.6) is 0 Å². The first kappa shape index (κ1) is 13.4. The predicted molar refractivity (Wildman–Crippen MR) is 71.5 cm³/mol. The van der Waals surface area contributed by atoms with Gasteiger partial charge in [0.25, 0.3) is 0 Å². The Morgan fingerprint density at radius 1 is 1.44 bits per heavy atom. The summed E-state index contributed by atoms with van der Waals surface area (Å²) >= 11 is 0. The molecule has 0 aromatic carbocycles. The summed E-state index contributed by atoms with van der Waals surface area (Å²) in [6.07, 6.45) is 10.5. The number of methoxy groups -OCH3 is 1. The molecule has 1 aliphatic carbocycles. The van der Waals surface area contributed by atoms with Crippen molar-refractivity contribution in [2.24, 2.45) is 5.41 Å². The molecule has 0 saturated carbocycles. The number of ether oxygens (including phenoxy) is 1. The molecule has 1 unspecified atom stereocenters. The van der Waals surface area contributed by atoms with Crippen LogP contribution in [0.15, 0.2) is 12.2 Å². The zero-order valence-corrected chi connectivity index (χ0v) is 11.3. The number of allylic oxidation sites excluding steroid dienone is 2. The zero-order chi connectivity index (χ0) is 12.8. The van der Waals surface area contributed by atoms with E-state index in [-0.39, 0.29) is 6.03 Å². The maximum atomic E-state index is 12.0. The number of nitrogens with one attached hydrogen (secondary N) is 1. The minimum atomic E-state index is 0.0701. The van der Waals surface area contributed by atoms with E-state index in [9.17, 15) is 4.79 Å². The molecule has 1 N–H and O–H groups in total. The van der Waals surface area contributed by atoms with E-state index in [0.29, 0.717) is 18.6 Å². The van der Waals surface area contributed by atoms with Crippen LogP contribution in [0.2, 0.25) is 0 Å². The van der Waals surface area contributed by atoms with Gasteiger partial charge in [0, 0.05) is 26.7 Å². The van der Waals surface area contributed by atoms with E-state index in [2.05, 4.69) is 17.5 Å². The third-order valence-electron chi connectivity index (χ3n) is 4.09. The first-order valence-electron chi connectivity index (χ1n) is 6.92. The Morgan fingerprint density at radius 3 is 3.06 bits per heavy atom. The van der Waals surface area contributed by atoms with Gasteiger partial charge in [0.05, 0.1) is 6.61 Å². The molecule has 1 saturated heterocycles. The molecular formula is C14H24N2O2. The van der Waals surface area contributed by atoms with Gasteiger partial charge < -0.3 is 15.0 Å². The van der Waals surface area contributed by atoms with Gasteiger partial charge in [0.2, 0.25) is 0 Å². The number of hydrogen-bond donors (Lipinski definition) is 1. The zero-order valence-electron chi connectivity index (χ0n) is 11.3. The maximum absolute atomic E-state index is 12.0. The van der Waals surface area contributed by atoms with Crippen LogP contribution in [0.4, 0.5) is 4.79 Å². The van der Waals surface area contributed by atoms with Crippen molar-refractivity contribution in [1.29, 1.82) is 0 Å². The summed E-state index contributed by atoms with van der Waals surface area (Å²) < 4.78 is 4.95. The lowest BCUT2D eigenvalue weighted by Crippen LogP contribution is -2.50. The van der Waals surface area contributed by atoms with E-state index in [4.69, 9.17) is 4.74 Å². The second-order valence-electron chi connectivity index (χ2n) is 5.46. The Labute approximate surface area is 109 Å². The van der Waals surface area contributed by atoms with Crippen molar-refractivity contribution in [2.75, 3.05) is 33.4 Å². The van der Waals surface area contributed by atoms with E-state index >= 15 is 0 Å². The van der Waals surface area contributed by atoms with Crippen LogP contribution in [0.25, 0.3) is 0 Å². The lowest BCUT2D eigenvalue weighted by atomic mass is 9.71. The largest absolute Gasteiger partial charge is 0.383 e. The number of piperidine rings is 1. The summed E-state index contributed by atoms with van der Waals surface area (Å²) in [4.78, 5) is 14.0. The van der Waals surface area contributed by atoms with Crippen LogP contribution < -0.4 is 5.32 Å². The molecule has 0 aromatic rings. The van der Waals surface area contributed by atoms with Gasteiger partial charge in [-0.15, -0.1) is 0 Å². The number of rotatable bonds is 3. The number of likely N-dealkylation sites (tertiary alicyclic amines) is 1. The lowest BCUT2D eigenvalue weighted by Gasteiger charge is -2.43. The molecule has 1 fully saturated rings. The molecule has 0 radical (unpaired) electrons. The molecule has 1 atom stereocenters. The predicted octanol–water partition coefficient (Wildman–Crippen LogP) is 2.16. The normalized spacial score (nSPS) is 27.5. The monoisotopic (exact) mass is 252 g/mol. The van der Waals surface area contributed by atoms with Gasteiger partial charge in [-0.05, 0) is 37.5 Å². The fraction of sp³-hybridized carbons (Fsp3) is 0.786. The number of nitrogens with zero attached hydrogens (tertiary/aromatic N) is 1. The third kappa shape index (κ3) is 3.25. The van der Waals surface area contributed by atoms with E-state index in [1.54, 1.807) is 7.11 Å². The van der Waals surface area contributed by atoms with E-state index < -0.39 is 0 Å². The number of carbonyl (C=O) groups is 1. The van der Waals surface area contributed by atoms with Crippen molar-refractivity contribution < 1.29 is 9.53 Å². The molecule has 102 valence electrons. The first-order chi connectivity index (χ1) is 8.76. The highest BCUT2D eigenvalue weighted by Gasteiger charge is 2.36. The molecule has 1 spiro atoms. The number of hydrogen-bond acceptors (Lipinski definition) is 2. The third-order valence-corrected chi connectivity index (χ3v) is 4.09. The van der Waals surface area contributed by atoms with Crippen LogP contribution in [0.3, 0.4) is 0 Å². The minimum absolute atomic E-state index is 0.0701. The van der Waals surface area contributed by atoms with Crippen molar-refractivity contribution >= 4 is 6.03 Å². The number of urea groups is 1. The first-order valence-corrected chi connectivity index (χ1v) is 6.92. The molecule has 1 heterocycles. The highest BCUT2D eigenvalue weighted by Crippen LogP contribution is 2.40. The Morgan fingerprint density at radius 2 is 2.33 bits per heavy atom. The van der Waals surface area contributed by atoms with Crippen LogP contribution in [-0.4, -0.2) is 44.3 Å². The molecule has 2 aliphatic rings. The highest BCUT2D eigenvalue weighted by atomic mass is 16.5. The van der Waals surface area contributed by atoms with Crippen LogP contribution in [-0.2, 0) is 4.74 Å². The summed E-state index contributed by atoms with van der Waals surface area (Å²) in [5.41, 5.74) is 0.353. The lowest BCUT2D eigenvalue weighted by molar-refractivity contribution is 0.0946. The van der Waals surface area contributed by atoms with Crippen molar-refractivity contribution in [3.63, 3.8) is 0 Å². The minimum Gasteiger partial charge on any atom is -0.383 e. The van der Waals surface area contributed by atoms with Gasteiger partial charge >= 0.3 is 6.03 Å². The Kier molecular flexibility index (Phi) is 4.64. The fourth-order valence-corrected chi connectivity index (χ4v) is 3.07. The molecular weight excluding hydrogens is 228 g/mol. The quantitative estimate of drug-likeness (QED) is 0.618. The van der Waals surface area contributed by atoms with Crippen molar-refractivity contribution in [3.05, 3.63) is 12.2 Å².